The Kier molecular flexibility index (Phi) is 3.73. The Labute approximate surface area is 88.3 Å². The maximum absolute atomic E-state index is 7.60. The van der Waals surface area contributed by atoms with E-state index in [-0.39, 0.29) is 26.5 Å². The minimum atomic E-state index is 0. The van der Waals surface area contributed by atoms with E-state index in [9.17, 15) is 0 Å². The van der Waals surface area contributed by atoms with E-state index in [1.165, 1.54) is 32.4 Å². The summed E-state index contributed by atoms with van der Waals surface area (Å²) in [5, 5.41) is 3.44. The predicted molar refractivity (Wildman–Crippen MR) is 46.5 cm³/mol. The van der Waals surface area contributed by atoms with Gasteiger partial charge in [-0.2, -0.15) is 0 Å². The second kappa shape index (κ2) is 4.20. The Morgan fingerprint density at radius 2 is 1.83 bits per heavy atom. The van der Waals surface area contributed by atoms with Crippen LogP contribution in [0.25, 0.3) is 5.73 Å². The van der Waals surface area contributed by atoms with Gasteiger partial charge < -0.3 is 11.1 Å². The van der Waals surface area contributed by atoms with Crippen molar-refractivity contribution in [3.63, 3.8) is 0 Å². The Morgan fingerprint density at radius 1 is 1.17 bits per heavy atom. The van der Waals surface area contributed by atoms with E-state index in [2.05, 4.69) is 5.32 Å². The molecule has 2 N–H and O–H groups in total. The molecule has 1 aliphatic carbocycles. The molecule has 1 saturated heterocycles. The third kappa shape index (κ3) is 2.09. The van der Waals surface area contributed by atoms with Crippen molar-refractivity contribution in [2.45, 2.75) is 38.1 Å². The number of hydrogen-bond donors (Lipinski definition) is 1. The molecule has 1 spiro atoms. The standard InChI is InChI=1S/C9H17N2.Re/c10-8-1-3-9(4-2-8)5-6-11-7-9;/h8,10-11H,1-7H2;/q-1;. The van der Waals surface area contributed by atoms with Crippen LogP contribution < -0.4 is 5.32 Å². The molecule has 71 valence electrons. The first-order valence-corrected chi connectivity index (χ1v) is 4.73. The van der Waals surface area contributed by atoms with Crippen LogP contribution in [0.3, 0.4) is 0 Å². The Bertz CT molecular complexity index is 133. The van der Waals surface area contributed by atoms with E-state index >= 15 is 0 Å². The fourth-order valence-electron chi connectivity index (χ4n) is 2.45. The van der Waals surface area contributed by atoms with Crippen LogP contribution >= 0.6 is 0 Å². The van der Waals surface area contributed by atoms with E-state index in [0.29, 0.717) is 5.41 Å². The molecule has 0 aromatic carbocycles. The largest absolute Gasteiger partial charge is 0.675 e. The molecule has 2 nitrogen and oxygen atoms in total. The Hall–Kier alpha value is 0.582. The van der Waals surface area contributed by atoms with E-state index in [1.54, 1.807) is 0 Å². The van der Waals surface area contributed by atoms with Crippen molar-refractivity contribution in [2.75, 3.05) is 13.1 Å². The summed E-state index contributed by atoms with van der Waals surface area (Å²) in [5.74, 6) is 0. The zero-order chi connectivity index (χ0) is 7.73. The Balaban J connectivity index is 0.000000720. The normalized spacial score (nSPS) is 41.2. The van der Waals surface area contributed by atoms with Gasteiger partial charge in [-0.15, -0.1) is 6.04 Å². The summed E-state index contributed by atoms with van der Waals surface area (Å²) < 4.78 is 0. The van der Waals surface area contributed by atoms with Gasteiger partial charge in [0.2, 0.25) is 0 Å². The van der Waals surface area contributed by atoms with Gasteiger partial charge in [-0.25, -0.2) is 0 Å². The van der Waals surface area contributed by atoms with Crippen LogP contribution in [0.4, 0.5) is 0 Å². The molecule has 3 heteroatoms. The molecule has 2 aliphatic rings. The van der Waals surface area contributed by atoms with Crippen molar-refractivity contribution >= 4 is 0 Å². The van der Waals surface area contributed by atoms with E-state index in [4.69, 9.17) is 5.73 Å². The van der Waals surface area contributed by atoms with Crippen LogP contribution in [0.2, 0.25) is 0 Å². The number of hydrogen-bond acceptors (Lipinski definition) is 1. The van der Waals surface area contributed by atoms with E-state index < -0.39 is 0 Å². The van der Waals surface area contributed by atoms with Crippen molar-refractivity contribution in [2.24, 2.45) is 5.41 Å². The van der Waals surface area contributed by atoms with Crippen molar-refractivity contribution < 1.29 is 20.4 Å². The first-order valence-electron chi connectivity index (χ1n) is 4.73. The second-order valence-electron chi connectivity index (χ2n) is 4.20. The van der Waals surface area contributed by atoms with Crippen molar-refractivity contribution in [1.82, 2.24) is 5.32 Å². The van der Waals surface area contributed by atoms with Gasteiger partial charge >= 0.3 is 0 Å². The molecule has 2 rings (SSSR count). The second-order valence-corrected chi connectivity index (χ2v) is 4.20. The van der Waals surface area contributed by atoms with Crippen LogP contribution in [0, 0.1) is 5.41 Å². The third-order valence-electron chi connectivity index (χ3n) is 3.38. The first-order chi connectivity index (χ1) is 5.31. The van der Waals surface area contributed by atoms with Crippen LogP contribution in [0.1, 0.15) is 32.1 Å². The van der Waals surface area contributed by atoms with Gasteiger partial charge in [0.05, 0.1) is 0 Å². The van der Waals surface area contributed by atoms with Crippen molar-refractivity contribution in [1.29, 1.82) is 0 Å². The summed E-state index contributed by atoms with van der Waals surface area (Å²) in [6.07, 6.45) is 6.24. The van der Waals surface area contributed by atoms with E-state index in [0.717, 1.165) is 12.8 Å². The summed E-state index contributed by atoms with van der Waals surface area (Å²) in [6.45, 7) is 2.43. The van der Waals surface area contributed by atoms with Gasteiger partial charge in [0, 0.05) is 27.0 Å². The Morgan fingerprint density at radius 3 is 2.33 bits per heavy atom. The number of nitrogens with one attached hydrogen (secondary N) is 2. The van der Waals surface area contributed by atoms with Crippen LogP contribution in [-0.2, 0) is 20.4 Å². The topological polar surface area (TPSA) is 35.8 Å². The quantitative estimate of drug-likeness (QED) is 0.719. The first kappa shape index (κ1) is 10.7. The SMILES string of the molecule is [NH-]C1CCC2(CCNC2)CC1.[Re]. The molecule has 2 fully saturated rings. The molecular weight excluding hydrogens is 322 g/mol. The fourth-order valence-corrected chi connectivity index (χ4v) is 2.45. The molecule has 1 heterocycles. The average Bonchev–Trinajstić information content (AvgIpc) is 2.45. The molecular formula is C9H17N2Re-. The molecule has 0 bridgehead atoms. The van der Waals surface area contributed by atoms with Gasteiger partial charge in [0.1, 0.15) is 0 Å². The summed E-state index contributed by atoms with van der Waals surface area (Å²) >= 11 is 0. The van der Waals surface area contributed by atoms with Gasteiger partial charge in [-0.1, -0.05) is 12.8 Å². The minimum Gasteiger partial charge on any atom is -0.675 e. The smallest absolute Gasteiger partial charge is 0.000827 e. The monoisotopic (exact) mass is 340 g/mol. The maximum Gasteiger partial charge on any atom is 0.000827 e. The summed E-state index contributed by atoms with van der Waals surface area (Å²) in [5.41, 5.74) is 8.22. The average molecular weight is 339 g/mol. The van der Waals surface area contributed by atoms with Crippen LogP contribution in [-0.4, -0.2) is 19.1 Å². The van der Waals surface area contributed by atoms with Gasteiger partial charge in [-0.3, -0.25) is 0 Å². The summed E-state index contributed by atoms with van der Waals surface area (Å²) in [4.78, 5) is 0. The molecule has 0 atom stereocenters. The number of rotatable bonds is 0. The van der Waals surface area contributed by atoms with Crippen molar-refractivity contribution in [3.05, 3.63) is 5.73 Å². The van der Waals surface area contributed by atoms with Gasteiger partial charge in [0.15, 0.2) is 0 Å². The third-order valence-corrected chi connectivity index (χ3v) is 3.38. The minimum absolute atomic E-state index is 0. The maximum atomic E-state index is 7.60. The zero-order valence-corrected chi connectivity index (χ0v) is 10.1. The molecule has 12 heavy (non-hydrogen) atoms. The fraction of sp³-hybridized carbons (Fsp3) is 1.00. The van der Waals surface area contributed by atoms with Crippen molar-refractivity contribution in [3.8, 4) is 0 Å². The summed E-state index contributed by atoms with van der Waals surface area (Å²) in [7, 11) is 0. The molecule has 0 unspecified atom stereocenters. The zero-order valence-electron chi connectivity index (χ0n) is 7.41. The predicted octanol–water partition coefficient (Wildman–Crippen LogP) is 1.96. The van der Waals surface area contributed by atoms with Gasteiger partial charge in [0.25, 0.3) is 0 Å². The van der Waals surface area contributed by atoms with Gasteiger partial charge in [-0.05, 0) is 31.2 Å². The van der Waals surface area contributed by atoms with E-state index in [1.807, 2.05) is 0 Å². The van der Waals surface area contributed by atoms with Crippen LogP contribution in [0.5, 0.6) is 0 Å². The molecule has 0 aromatic heterocycles. The van der Waals surface area contributed by atoms with Crippen LogP contribution in [0.15, 0.2) is 0 Å². The molecule has 1 radical (unpaired) electrons. The molecule has 0 amide bonds. The summed E-state index contributed by atoms with van der Waals surface area (Å²) in [6, 6.07) is 0.251. The molecule has 1 aliphatic heterocycles. The molecule has 0 aromatic rings. The molecule has 1 saturated carbocycles.